The third-order valence-electron chi connectivity index (χ3n) is 1.67. The molecule has 0 saturated carbocycles. The van der Waals surface area contributed by atoms with Crippen LogP contribution in [0.5, 0.6) is 5.75 Å². The fourth-order valence-corrected chi connectivity index (χ4v) is 1.02. The molecule has 0 amide bonds. The molecule has 0 aromatic carbocycles. The second kappa shape index (κ2) is 4.03. The van der Waals surface area contributed by atoms with Gasteiger partial charge >= 0.3 is 11.1 Å². The van der Waals surface area contributed by atoms with Gasteiger partial charge in [0.15, 0.2) is 5.75 Å². The van der Waals surface area contributed by atoms with E-state index in [-0.39, 0.29) is 0 Å². The van der Waals surface area contributed by atoms with E-state index in [1.54, 1.807) is 0 Å². The van der Waals surface area contributed by atoms with E-state index in [0.29, 0.717) is 6.20 Å². The monoisotopic (exact) mass is 220 g/mol. The number of aromatic nitrogens is 1. The predicted octanol–water partition coefficient (Wildman–Crippen LogP) is 1.23. The number of H-pyrrole nitrogens is 1. The van der Waals surface area contributed by atoms with E-state index in [4.69, 9.17) is 0 Å². The Morgan fingerprint density at radius 2 is 2.20 bits per heavy atom. The summed E-state index contributed by atoms with van der Waals surface area (Å²) in [5.74, 6) is -0.737. The van der Waals surface area contributed by atoms with E-state index < -0.39 is 33.9 Å². The Labute approximate surface area is 81.6 Å². The third kappa shape index (κ3) is 1.92. The fourth-order valence-electron chi connectivity index (χ4n) is 1.02. The van der Waals surface area contributed by atoms with E-state index in [2.05, 4.69) is 4.74 Å². The lowest BCUT2D eigenvalue weighted by molar-refractivity contribution is -0.386. The molecule has 0 fully saturated rings. The number of nitrogens with one attached hydrogen (secondary N) is 1. The Morgan fingerprint density at radius 3 is 2.60 bits per heavy atom. The van der Waals surface area contributed by atoms with E-state index in [1.807, 2.05) is 4.98 Å². The Hall–Kier alpha value is -1.99. The van der Waals surface area contributed by atoms with Gasteiger partial charge in [-0.3, -0.25) is 14.9 Å². The summed E-state index contributed by atoms with van der Waals surface area (Å²) < 4.78 is 29.0. The largest absolute Gasteiger partial charge is 0.491 e. The summed E-state index contributed by atoms with van der Waals surface area (Å²) in [5.41, 5.74) is -2.78. The third-order valence-corrected chi connectivity index (χ3v) is 1.67. The number of hydrogen-bond acceptors (Lipinski definition) is 4. The van der Waals surface area contributed by atoms with Crippen molar-refractivity contribution in [2.75, 3.05) is 7.11 Å². The fraction of sp³-hybridized carbons (Fsp3) is 0.286. The van der Waals surface area contributed by atoms with Crippen LogP contribution in [0.15, 0.2) is 11.0 Å². The number of ether oxygens (including phenoxy) is 1. The molecule has 1 rings (SSSR count). The number of hydrogen-bond donors (Lipinski definition) is 1. The normalized spacial score (nSPS) is 10.4. The van der Waals surface area contributed by atoms with E-state index in [9.17, 15) is 23.7 Å². The highest BCUT2D eigenvalue weighted by Gasteiger charge is 2.24. The quantitative estimate of drug-likeness (QED) is 0.613. The average molecular weight is 220 g/mol. The molecule has 1 aromatic rings. The molecule has 0 atom stereocenters. The summed E-state index contributed by atoms with van der Waals surface area (Å²) in [5, 5.41) is 10.3. The van der Waals surface area contributed by atoms with Gasteiger partial charge in [-0.05, 0) is 0 Å². The molecular formula is C7H6F2N2O4. The molecule has 0 radical (unpaired) electrons. The molecule has 8 heteroatoms. The summed E-state index contributed by atoms with van der Waals surface area (Å²) in [6, 6.07) is 0. The first-order valence-electron chi connectivity index (χ1n) is 3.71. The van der Waals surface area contributed by atoms with Gasteiger partial charge in [-0.1, -0.05) is 0 Å². The maximum Gasteiger partial charge on any atom is 0.336 e. The molecule has 0 aliphatic rings. The van der Waals surface area contributed by atoms with Gasteiger partial charge in [0.1, 0.15) is 5.69 Å². The highest BCUT2D eigenvalue weighted by Crippen LogP contribution is 2.24. The van der Waals surface area contributed by atoms with Crippen molar-refractivity contribution in [2.45, 2.75) is 6.43 Å². The molecule has 0 spiro atoms. The van der Waals surface area contributed by atoms with Crippen molar-refractivity contribution in [3.8, 4) is 5.75 Å². The summed E-state index contributed by atoms with van der Waals surface area (Å²) in [6.45, 7) is 0. The first kappa shape index (κ1) is 11.1. The molecule has 0 aliphatic heterocycles. The Morgan fingerprint density at radius 1 is 1.60 bits per heavy atom. The SMILES string of the molecule is COc1c(C(F)F)[nH]cc([N+](=O)[O-])c1=O. The van der Waals surface area contributed by atoms with Gasteiger partial charge in [-0.2, -0.15) is 0 Å². The van der Waals surface area contributed by atoms with Gasteiger partial charge in [0.05, 0.1) is 18.2 Å². The van der Waals surface area contributed by atoms with E-state index in [1.165, 1.54) is 0 Å². The number of nitrogens with zero attached hydrogens (tertiary/aromatic N) is 1. The van der Waals surface area contributed by atoms with Crippen LogP contribution in [0.4, 0.5) is 14.5 Å². The van der Waals surface area contributed by atoms with Crippen molar-refractivity contribution >= 4 is 5.69 Å². The molecule has 15 heavy (non-hydrogen) atoms. The number of rotatable bonds is 3. The van der Waals surface area contributed by atoms with Crippen molar-refractivity contribution in [1.82, 2.24) is 4.98 Å². The minimum atomic E-state index is -2.96. The lowest BCUT2D eigenvalue weighted by Crippen LogP contribution is -2.14. The zero-order valence-electron chi connectivity index (χ0n) is 7.49. The Balaban J connectivity index is 3.46. The van der Waals surface area contributed by atoms with Crippen molar-refractivity contribution in [3.05, 3.63) is 32.2 Å². The molecule has 0 saturated heterocycles. The van der Waals surface area contributed by atoms with Gasteiger partial charge in [0.2, 0.25) is 0 Å². The van der Waals surface area contributed by atoms with Crippen LogP contribution >= 0.6 is 0 Å². The number of aromatic amines is 1. The topological polar surface area (TPSA) is 85.2 Å². The van der Waals surface area contributed by atoms with Crippen LogP contribution in [0, 0.1) is 10.1 Å². The van der Waals surface area contributed by atoms with E-state index in [0.717, 1.165) is 7.11 Å². The van der Waals surface area contributed by atoms with Crippen LogP contribution in [0.2, 0.25) is 0 Å². The van der Waals surface area contributed by atoms with E-state index >= 15 is 0 Å². The van der Waals surface area contributed by atoms with Crippen LogP contribution in [-0.4, -0.2) is 17.0 Å². The molecule has 82 valence electrons. The first-order chi connectivity index (χ1) is 6.99. The van der Waals surface area contributed by atoms with Crippen molar-refractivity contribution in [2.24, 2.45) is 0 Å². The highest BCUT2D eigenvalue weighted by molar-refractivity contribution is 5.39. The lowest BCUT2D eigenvalue weighted by Gasteiger charge is -2.05. The number of methoxy groups -OCH3 is 1. The van der Waals surface area contributed by atoms with Crippen molar-refractivity contribution in [3.63, 3.8) is 0 Å². The van der Waals surface area contributed by atoms with Gasteiger partial charge in [0.25, 0.3) is 6.43 Å². The second-order valence-corrected chi connectivity index (χ2v) is 2.51. The summed E-state index contributed by atoms with van der Waals surface area (Å²) in [7, 11) is 0.986. The first-order valence-corrected chi connectivity index (χ1v) is 3.71. The molecule has 1 heterocycles. The van der Waals surface area contributed by atoms with Crippen LogP contribution in [0.3, 0.4) is 0 Å². The number of alkyl halides is 2. The van der Waals surface area contributed by atoms with Crippen LogP contribution < -0.4 is 10.2 Å². The zero-order valence-corrected chi connectivity index (χ0v) is 7.49. The molecular weight excluding hydrogens is 214 g/mol. The maximum atomic E-state index is 12.3. The zero-order chi connectivity index (χ0) is 11.6. The standard InChI is InChI=1S/C7H6F2N2O4/c1-15-6-4(7(8)9)10-2-3(5(6)12)11(13)14/h2,7H,1H3,(H,10,12). The van der Waals surface area contributed by atoms with Crippen LogP contribution in [0.1, 0.15) is 12.1 Å². The van der Waals surface area contributed by atoms with Gasteiger partial charge in [-0.15, -0.1) is 0 Å². The van der Waals surface area contributed by atoms with Crippen LogP contribution in [-0.2, 0) is 0 Å². The smallest absolute Gasteiger partial charge is 0.336 e. The van der Waals surface area contributed by atoms with Gasteiger partial charge in [-0.25, -0.2) is 8.78 Å². The van der Waals surface area contributed by atoms with Crippen molar-refractivity contribution < 1.29 is 18.4 Å². The minimum Gasteiger partial charge on any atom is -0.491 e. The summed E-state index contributed by atoms with van der Waals surface area (Å²) >= 11 is 0. The Kier molecular flexibility index (Phi) is 2.98. The summed E-state index contributed by atoms with van der Waals surface area (Å²) in [4.78, 5) is 22.5. The van der Waals surface area contributed by atoms with Gasteiger partial charge in [0, 0.05) is 0 Å². The molecule has 0 aliphatic carbocycles. The minimum absolute atomic E-state index is 0.617. The second-order valence-electron chi connectivity index (χ2n) is 2.51. The molecule has 1 aromatic heterocycles. The van der Waals surface area contributed by atoms with Crippen LogP contribution in [0.25, 0.3) is 0 Å². The highest BCUT2D eigenvalue weighted by atomic mass is 19.3. The average Bonchev–Trinajstić information content (AvgIpc) is 2.16. The Bertz CT molecular complexity index is 443. The lowest BCUT2D eigenvalue weighted by atomic mass is 10.3. The number of nitro groups is 1. The van der Waals surface area contributed by atoms with Crippen molar-refractivity contribution in [1.29, 1.82) is 0 Å². The molecule has 6 nitrogen and oxygen atoms in total. The predicted molar refractivity (Wildman–Crippen MR) is 45.2 cm³/mol. The number of pyridine rings is 1. The number of halogens is 2. The summed E-state index contributed by atoms with van der Waals surface area (Å²) in [6.07, 6.45) is -2.35. The maximum absolute atomic E-state index is 12.3. The molecule has 1 N–H and O–H groups in total. The molecule has 0 unspecified atom stereocenters. The van der Waals surface area contributed by atoms with Gasteiger partial charge < -0.3 is 9.72 Å². The molecule has 0 bridgehead atoms.